The third kappa shape index (κ3) is 6.92. The Balaban J connectivity index is 1.39. The normalized spacial score (nSPS) is 14.9. The minimum absolute atomic E-state index is 0.00971. The SMILES string of the molecule is CC(C)N1CCN(Cc2ccc(NC(=O)c3nc(Oc4cc(Cl)ncn4)cc4ccccc34)cc2C(F)(F)F)CC1. The topological polar surface area (TPSA) is 83.5 Å². The highest BCUT2D eigenvalue weighted by Crippen LogP contribution is 2.35. The maximum atomic E-state index is 14.1. The van der Waals surface area contributed by atoms with E-state index in [2.05, 4.69) is 39.0 Å². The molecule has 1 aliphatic heterocycles. The number of carbonyl (C=O) groups excluding carboxylic acids is 1. The van der Waals surface area contributed by atoms with E-state index < -0.39 is 17.6 Å². The van der Waals surface area contributed by atoms with Gasteiger partial charge >= 0.3 is 6.18 Å². The van der Waals surface area contributed by atoms with Gasteiger partial charge in [-0.05, 0) is 36.9 Å². The van der Waals surface area contributed by atoms with E-state index in [1.54, 1.807) is 30.3 Å². The van der Waals surface area contributed by atoms with Gasteiger partial charge in [0.25, 0.3) is 5.91 Å². The number of benzene rings is 2. The largest absolute Gasteiger partial charge is 0.421 e. The number of nitrogens with one attached hydrogen (secondary N) is 1. The summed E-state index contributed by atoms with van der Waals surface area (Å²) < 4.78 is 48.1. The highest BCUT2D eigenvalue weighted by atomic mass is 35.5. The lowest BCUT2D eigenvalue weighted by molar-refractivity contribution is -0.138. The van der Waals surface area contributed by atoms with Gasteiger partial charge in [-0.1, -0.05) is 41.9 Å². The van der Waals surface area contributed by atoms with Crippen LogP contribution < -0.4 is 10.1 Å². The second kappa shape index (κ2) is 12.0. The van der Waals surface area contributed by atoms with E-state index >= 15 is 0 Å². The van der Waals surface area contributed by atoms with Crippen molar-refractivity contribution in [1.82, 2.24) is 24.8 Å². The van der Waals surface area contributed by atoms with Crippen molar-refractivity contribution < 1.29 is 22.7 Å². The summed E-state index contributed by atoms with van der Waals surface area (Å²) >= 11 is 5.91. The number of fused-ring (bicyclic) bond motifs is 1. The molecule has 5 rings (SSSR count). The lowest BCUT2D eigenvalue weighted by atomic mass is 10.0. The molecule has 1 amide bonds. The molecule has 1 N–H and O–H groups in total. The smallest absolute Gasteiger partial charge is 0.416 e. The first-order valence-corrected chi connectivity index (χ1v) is 13.5. The molecule has 0 bridgehead atoms. The molecule has 41 heavy (non-hydrogen) atoms. The van der Waals surface area contributed by atoms with Crippen LogP contribution in [0.5, 0.6) is 11.8 Å². The number of carbonyl (C=O) groups is 1. The van der Waals surface area contributed by atoms with Crippen LogP contribution in [-0.2, 0) is 12.7 Å². The van der Waals surface area contributed by atoms with Crippen LogP contribution in [0.3, 0.4) is 0 Å². The standard InChI is InChI=1S/C29H28ClF3N6O2/c1-18(2)39-11-9-38(10-12-39)16-20-7-8-21(14-23(20)29(31,32)33)36-28(40)27-22-6-4-3-5-19(22)13-26(37-27)41-25-15-24(30)34-17-35-25/h3-8,13-15,17-18H,9-12,16H2,1-2H3,(H,36,40). The van der Waals surface area contributed by atoms with Crippen molar-refractivity contribution in [1.29, 1.82) is 0 Å². The molecule has 12 heteroatoms. The zero-order chi connectivity index (χ0) is 29.1. The lowest BCUT2D eigenvalue weighted by Crippen LogP contribution is -2.48. The Bertz CT molecular complexity index is 1560. The zero-order valence-electron chi connectivity index (χ0n) is 22.5. The van der Waals surface area contributed by atoms with E-state index in [9.17, 15) is 18.0 Å². The van der Waals surface area contributed by atoms with Gasteiger partial charge in [0.15, 0.2) is 0 Å². The number of piperazine rings is 1. The Morgan fingerprint density at radius 1 is 1.02 bits per heavy atom. The number of pyridine rings is 1. The summed E-state index contributed by atoms with van der Waals surface area (Å²) in [5.41, 5.74) is -0.623. The minimum atomic E-state index is -4.59. The van der Waals surface area contributed by atoms with Crippen molar-refractivity contribution >= 4 is 34.0 Å². The summed E-state index contributed by atoms with van der Waals surface area (Å²) in [4.78, 5) is 29.8. The molecule has 2 aromatic carbocycles. The molecule has 0 aliphatic carbocycles. The molecular weight excluding hydrogens is 557 g/mol. The second-order valence-electron chi connectivity index (χ2n) is 10.0. The summed E-state index contributed by atoms with van der Waals surface area (Å²) in [5, 5.41) is 3.90. The van der Waals surface area contributed by atoms with Gasteiger partial charge in [-0.25, -0.2) is 15.0 Å². The van der Waals surface area contributed by atoms with E-state index in [1.807, 2.05) is 4.90 Å². The Hall–Kier alpha value is -3.80. The van der Waals surface area contributed by atoms with Crippen LogP contribution in [0, 0.1) is 0 Å². The lowest BCUT2D eigenvalue weighted by Gasteiger charge is -2.37. The Morgan fingerprint density at radius 3 is 2.49 bits per heavy atom. The van der Waals surface area contributed by atoms with Crippen LogP contribution in [-0.4, -0.2) is 62.9 Å². The summed E-state index contributed by atoms with van der Waals surface area (Å²) in [5.74, 6) is -0.499. The van der Waals surface area contributed by atoms with Gasteiger partial charge in [0.05, 0.1) is 5.56 Å². The highest BCUT2D eigenvalue weighted by molar-refractivity contribution is 6.29. The van der Waals surface area contributed by atoms with Gasteiger partial charge < -0.3 is 10.1 Å². The fourth-order valence-electron chi connectivity index (χ4n) is 4.80. The highest BCUT2D eigenvalue weighted by Gasteiger charge is 2.34. The Kier molecular flexibility index (Phi) is 8.39. The van der Waals surface area contributed by atoms with Gasteiger partial charge in [-0.15, -0.1) is 0 Å². The molecule has 2 aromatic heterocycles. The predicted octanol–water partition coefficient (Wildman–Crippen LogP) is 6.27. The first kappa shape index (κ1) is 28.7. The van der Waals surface area contributed by atoms with Gasteiger partial charge in [0.1, 0.15) is 17.2 Å². The minimum Gasteiger partial charge on any atom is -0.421 e. The predicted molar refractivity (Wildman–Crippen MR) is 150 cm³/mol. The summed E-state index contributed by atoms with van der Waals surface area (Å²) in [6.07, 6.45) is -3.37. The van der Waals surface area contributed by atoms with E-state index in [-0.39, 0.29) is 40.4 Å². The van der Waals surface area contributed by atoms with E-state index in [4.69, 9.17) is 16.3 Å². The first-order chi connectivity index (χ1) is 19.6. The van der Waals surface area contributed by atoms with Crippen molar-refractivity contribution in [3.63, 3.8) is 0 Å². The number of anilines is 1. The number of halogens is 4. The number of nitrogens with zero attached hydrogens (tertiary/aromatic N) is 5. The first-order valence-electron chi connectivity index (χ1n) is 13.1. The molecule has 0 saturated carbocycles. The molecule has 8 nitrogen and oxygen atoms in total. The number of hydrogen-bond donors (Lipinski definition) is 1. The Labute approximate surface area is 240 Å². The molecule has 1 fully saturated rings. The van der Waals surface area contributed by atoms with Gasteiger partial charge in [0.2, 0.25) is 11.8 Å². The van der Waals surface area contributed by atoms with E-state index in [0.29, 0.717) is 29.9 Å². The maximum absolute atomic E-state index is 14.1. The molecule has 0 unspecified atom stereocenters. The van der Waals surface area contributed by atoms with E-state index in [0.717, 1.165) is 19.2 Å². The molecule has 1 saturated heterocycles. The second-order valence-corrected chi connectivity index (χ2v) is 10.4. The molecule has 0 radical (unpaired) electrons. The van der Waals surface area contributed by atoms with Crippen LogP contribution >= 0.6 is 11.6 Å². The van der Waals surface area contributed by atoms with Crippen LogP contribution in [0.25, 0.3) is 10.8 Å². The summed E-state index contributed by atoms with van der Waals surface area (Å²) in [7, 11) is 0. The number of amides is 1. The van der Waals surface area contributed by atoms with Crippen molar-refractivity contribution in [3.8, 4) is 11.8 Å². The van der Waals surface area contributed by atoms with Crippen molar-refractivity contribution in [2.45, 2.75) is 32.6 Å². The van der Waals surface area contributed by atoms with Crippen LogP contribution in [0.15, 0.2) is 60.9 Å². The average Bonchev–Trinajstić information content (AvgIpc) is 2.93. The van der Waals surface area contributed by atoms with E-state index in [1.165, 1.54) is 24.5 Å². The summed E-state index contributed by atoms with van der Waals surface area (Å²) in [6.45, 7) is 7.38. The fourth-order valence-corrected chi connectivity index (χ4v) is 4.94. The van der Waals surface area contributed by atoms with Gasteiger partial charge in [-0.2, -0.15) is 13.2 Å². The zero-order valence-corrected chi connectivity index (χ0v) is 23.2. The van der Waals surface area contributed by atoms with Crippen LogP contribution in [0.2, 0.25) is 5.15 Å². The quantitative estimate of drug-likeness (QED) is 0.256. The number of ether oxygens (including phenoxy) is 1. The molecular formula is C29H28ClF3N6O2. The molecule has 0 atom stereocenters. The van der Waals surface area contributed by atoms with Gasteiger partial charge in [0, 0.05) is 62.0 Å². The van der Waals surface area contributed by atoms with Crippen molar-refractivity contribution in [2.24, 2.45) is 0 Å². The number of rotatable bonds is 7. The number of aromatic nitrogens is 3. The summed E-state index contributed by atoms with van der Waals surface area (Å²) in [6, 6.07) is 14.3. The number of alkyl halides is 3. The average molecular weight is 585 g/mol. The molecule has 3 heterocycles. The molecule has 1 aliphatic rings. The number of hydrogen-bond acceptors (Lipinski definition) is 7. The Morgan fingerprint density at radius 2 is 1.78 bits per heavy atom. The third-order valence-corrected chi connectivity index (χ3v) is 7.16. The fraction of sp³-hybridized carbons (Fsp3) is 0.310. The molecule has 0 spiro atoms. The van der Waals surface area contributed by atoms with Gasteiger partial charge in [-0.3, -0.25) is 14.6 Å². The third-order valence-electron chi connectivity index (χ3n) is 6.95. The van der Waals surface area contributed by atoms with Crippen molar-refractivity contribution in [3.05, 3.63) is 82.9 Å². The molecule has 4 aromatic rings. The molecule has 214 valence electrons. The van der Waals surface area contributed by atoms with Crippen LogP contribution in [0.4, 0.5) is 18.9 Å². The monoisotopic (exact) mass is 584 g/mol. The van der Waals surface area contributed by atoms with Crippen molar-refractivity contribution in [2.75, 3.05) is 31.5 Å². The van der Waals surface area contributed by atoms with Crippen LogP contribution in [0.1, 0.15) is 35.5 Å². The maximum Gasteiger partial charge on any atom is 0.416 e.